The highest BCUT2D eigenvalue weighted by molar-refractivity contribution is 5.99. The molecule has 2 heterocycles. The summed E-state index contributed by atoms with van der Waals surface area (Å²) >= 11 is 0. The first-order chi connectivity index (χ1) is 15.0. The number of fused-ring (bicyclic) bond motifs is 1. The number of nitrogens with two attached hydrogens (primary N) is 2. The van der Waals surface area contributed by atoms with Gasteiger partial charge >= 0.3 is 6.18 Å². The molecule has 1 atom stereocenters. The highest BCUT2D eigenvalue weighted by atomic mass is 19.4. The van der Waals surface area contributed by atoms with E-state index >= 15 is 0 Å². The molecule has 0 aliphatic rings. The second-order valence-electron chi connectivity index (χ2n) is 7.30. The number of nitrogens with zero attached hydrogens (tertiary/aromatic N) is 3. The zero-order valence-corrected chi connectivity index (χ0v) is 17.3. The molecule has 1 unspecified atom stereocenters. The normalized spacial score (nSPS) is 13.2. The van der Waals surface area contributed by atoms with Crippen molar-refractivity contribution in [3.63, 3.8) is 0 Å². The third kappa shape index (κ3) is 4.54. The number of hydrogen-bond acceptors (Lipinski definition) is 6. The Kier molecular flexibility index (Phi) is 6.17. The van der Waals surface area contributed by atoms with Gasteiger partial charge in [-0.3, -0.25) is 9.59 Å². The molecule has 0 radical (unpaired) electrons. The lowest BCUT2D eigenvalue weighted by Crippen LogP contribution is -2.50. The zero-order valence-electron chi connectivity index (χ0n) is 17.3. The minimum atomic E-state index is -4.71. The predicted molar refractivity (Wildman–Crippen MR) is 110 cm³/mol. The molecule has 3 rings (SSSR count). The van der Waals surface area contributed by atoms with Gasteiger partial charge in [-0.15, -0.1) is 0 Å². The molecule has 1 aromatic carbocycles. The maximum Gasteiger partial charge on any atom is 0.433 e. The van der Waals surface area contributed by atoms with E-state index in [1.807, 2.05) is 13.8 Å². The van der Waals surface area contributed by atoms with E-state index < -0.39 is 35.1 Å². The quantitative estimate of drug-likeness (QED) is 0.435. The minimum Gasteiger partial charge on any atom is -0.369 e. The molecule has 0 aliphatic carbocycles. The van der Waals surface area contributed by atoms with Crippen LogP contribution in [-0.2, 0) is 15.8 Å². The zero-order chi connectivity index (χ0) is 23.7. The first-order valence-electron chi connectivity index (χ1n) is 9.78. The number of H-pyrrole nitrogens is 1. The highest BCUT2D eigenvalue weighted by Crippen LogP contribution is 2.30. The Morgan fingerprint density at radius 2 is 1.84 bits per heavy atom. The van der Waals surface area contributed by atoms with E-state index in [2.05, 4.69) is 25.3 Å². The van der Waals surface area contributed by atoms with Crippen molar-refractivity contribution >= 4 is 28.5 Å². The van der Waals surface area contributed by atoms with E-state index in [0.29, 0.717) is 35.6 Å². The van der Waals surface area contributed by atoms with Crippen LogP contribution in [0.15, 0.2) is 30.5 Å². The van der Waals surface area contributed by atoms with Crippen LogP contribution in [0.4, 0.5) is 18.9 Å². The van der Waals surface area contributed by atoms with Crippen LogP contribution >= 0.6 is 0 Å². The van der Waals surface area contributed by atoms with Gasteiger partial charge in [0.2, 0.25) is 11.8 Å². The summed E-state index contributed by atoms with van der Waals surface area (Å²) in [5, 5.41) is 2.74. The largest absolute Gasteiger partial charge is 0.433 e. The van der Waals surface area contributed by atoms with Gasteiger partial charge in [0.05, 0.1) is 16.6 Å². The molecule has 0 aliphatic heterocycles. The van der Waals surface area contributed by atoms with Crippen LogP contribution in [0.25, 0.3) is 11.0 Å². The summed E-state index contributed by atoms with van der Waals surface area (Å²) in [7, 11) is 0. The second kappa shape index (κ2) is 8.54. The van der Waals surface area contributed by atoms with Gasteiger partial charge in [0.1, 0.15) is 17.3 Å². The van der Waals surface area contributed by atoms with Crippen LogP contribution in [-0.4, -0.2) is 37.3 Å². The molecule has 0 fully saturated rings. The summed E-state index contributed by atoms with van der Waals surface area (Å²) in [6, 6.07) is 5.43. The van der Waals surface area contributed by atoms with Crippen LogP contribution in [0.1, 0.15) is 49.9 Å². The number of carbonyl (C=O) groups excluding carboxylic acids is 2. The van der Waals surface area contributed by atoms with Crippen LogP contribution in [0.5, 0.6) is 0 Å². The number of imidazole rings is 1. The van der Waals surface area contributed by atoms with Crippen molar-refractivity contribution in [2.24, 2.45) is 11.5 Å². The Bertz CT molecular complexity index is 1160. The predicted octanol–water partition coefficient (Wildman–Crippen LogP) is 2.44. The topological polar surface area (TPSA) is 153 Å². The van der Waals surface area contributed by atoms with Gasteiger partial charge in [0.25, 0.3) is 0 Å². The van der Waals surface area contributed by atoms with Crippen LogP contribution in [0.3, 0.4) is 0 Å². The van der Waals surface area contributed by atoms with Crippen molar-refractivity contribution in [1.82, 2.24) is 19.9 Å². The number of nitrogens with one attached hydrogen (secondary N) is 2. The second-order valence-corrected chi connectivity index (χ2v) is 7.30. The average Bonchev–Trinajstić information content (AvgIpc) is 3.15. The number of aromatic nitrogens is 4. The molecular weight excluding hydrogens is 427 g/mol. The molecular formula is C20H22F3N7O2. The standard InChI is InChI=1S/C20H22F3N7O2/c1-3-19(25,4-2)18(32)27-10-5-6-11-12(9-10)29-17(28-11)14(15(24)31)16-26-8-7-13(30-16)20(21,22)23/h5-9,14H,3-4,25H2,1-2H3,(H2,24,31)(H,27,32)(H,28,29). The molecule has 6 N–H and O–H groups in total. The van der Waals surface area contributed by atoms with E-state index in [-0.39, 0.29) is 11.7 Å². The Balaban J connectivity index is 1.96. The molecule has 2 aromatic heterocycles. The summed E-state index contributed by atoms with van der Waals surface area (Å²) < 4.78 is 39.0. The molecule has 12 heteroatoms. The molecule has 170 valence electrons. The molecule has 9 nitrogen and oxygen atoms in total. The smallest absolute Gasteiger partial charge is 0.369 e. The van der Waals surface area contributed by atoms with Crippen molar-refractivity contribution in [1.29, 1.82) is 0 Å². The van der Waals surface area contributed by atoms with Crippen molar-refractivity contribution in [2.75, 3.05) is 5.32 Å². The van der Waals surface area contributed by atoms with Crippen LogP contribution in [0, 0.1) is 0 Å². The molecule has 0 bridgehead atoms. The number of hydrogen-bond donors (Lipinski definition) is 4. The molecule has 2 amide bonds. The van der Waals surface area contributed by atoms with E-state index in [0.717, 1.165) is 6.20 Å². The molecule has 32 heavy (non-hydrogen) atoms. The van der Waals surface area contributed by atoms with E-state index in [1.54, 1.807) is 18.2 Å². The fourth-order valence-electron chi connectivity index (χ4n) is 3.13. The summed E-state index contributed by atoms with van der Waals surface area (Å²) in [6.07, 6.45) is -2.92. The number of benzene rings is 1. The number of halogens is 3. The first-order valence-corrected chi connectivity index (χ1v) is 9.78. The highest BCUT2D eigenvalue weighted by Gasteiger charge is 2.35. The molecule has 0 spiro atoms. The SMILES string of the molecule is CCC(N)(CC)C(=O)Nc1ccc2nc(C(C(N)=O)c3nccc(C(F)(F)F)n3)[nH]c2c1. The van der Waals surface area contributed by atoms with Gasteiger partial charge in [-0.25, -0.2) is 15.0 Å². The van der Waals surface area contributed by atoms with Crippen LogP contribution < -0.4 is 16.8 Å². The number of amides is 2. The van der Waals surface area contributed by atoms with E-state index in [4.69, 9.17) is 11.5 Å². The Morgan fingerprint density at radius 1 is 1.16 bits per heavy atom. The lowest BCUT2D eigenvalue weighted by atomic mass is 9.93. The maximum absolute atomic E-state index is 13.0. The summed E-state index contributed by atoms with van der Waals surface area (Å²) in [4.78, 5) is 38.9. The molecule has 0 saturated carbocycles. The minimum absolute atomic E-state index is 0.0226. The maximum atomic E-state index is 13.0. The Hall–Kier alpha value is -3.54. The Labute approximate surface area is 180 Å². The van der Waals surface area contributed by atoms with Gasteiger partial charge in [-0.2, -0.15) is 13.2 Å². The lowest BCUT2D eigenvalue weighted by Gasteiger charge is -2.25. The van der Waals surface area contributed by atoms with E-state index in [9.17, 15) is 22.8 Å². The number of primary amides is 1. The molecule has 0 saturated heterocycles. The van der Waals surface area contributed by atoms with Gasteiger partial charge in [0.15, 0.2) is 5.92 Å². The Morgan fingerprint density at radius 3 is 2.44 bits per heavy atom. The number of carbonyl (C=O) groups is 2. The summed E-state index contributed by atoms with van der Waals surface area (Å²) in [5.41, 5.74) is 10.6. The van der Waals surface area contributed by atoms with Gasteiger partial charge in [-0.1, -0.05) is 13.8 Å². The van der Waals surface area contributed by atoms with Crippen molar-refractivity contribution in [2.45, 2.75) is 44.3 Å². The number of anilines is 1. The van der Waals surface area contributed by atoms with Crippen LogP contribution in [0.2, 0.25) is 0 Å². The van der Waals surface area contributed by atoms with Crippen molar-refractivity contribution in [3.8, 4) is 0 Å². The fourth-order valence-corrected chi connectivity index (χ4v) is 3.13. The van der Waals surface area contributed by atoms with Gasteiger partial charge < -0.3 is 21.8 Å². The lowest BCUT2D eigenvalue weighted by molar-refractivity contribution is -0.141. The monoisotopic (exact) mass is 449 g/mol. The first kappa shape index (κ1) is 23.1. The van der Waals surface area contributed by atoms with Gasteiger partial charge in [-0.05, 0) is 37.1 Å². The average molecular weight is 449 g/mol. The fraction of sp³-hybridized carbons (Fsp3) is 0.350. The molecule has 3 aromatic rings. The third-order valence-electron chi connectivity index (χ3n) is 5.25. The summed E-state index contributed by atoms with van der Waals surface area (Å²) in [6.45, 7) is 3.63. The van der Waals surface area contributed by atoms with E-state index in [1.165, 1.54) is 0 Å². The third-order valence-corrected chi connectivity index (χ3v) is 5.25. The number of rotatable bonds is 7. The van der Waals surface area contributed by atoms with Crippen molar-refractivity contribution < 1.29 is 22.8 Å². The number of alkyl halides is 3. The van der Waals surface area contributed by atoms with Crippen molar-refractivity contribution in [3.05, 3.63) is 47.8 Å². The van der Waals surface area contributed by atoms with Gasteiger partial charge in [0, 0.05) is 11.9 Å². The summed E-state index contributed by atoms with van der Waals surface area (Å²) in [5.74, 6) is -3.21. The number of aromatic amines is 1.